The number of nitrogens with one attached hydrogen (secondary N) is 1. The van der Waals surface area contributed by atoms with E-state index in [1.807, 2.05) is 10.7 Å². The van der Waals surface area contributed by atoms with E-state index in [1.54, 1.807) is 0 Å². The molecule has 118 valence electrons. The van der Waals surface area contributed by atoms with Gasteiger partial charge < -0.3 is 5.32 Å². The molecule has 0 aliphatic heterocycles. The molecule has 1 N–H and O–H groups in total. The molecule has 3 heteroatoms. The molecule has 3 atom stereocenters. The third-order valence-corrected chi connectivity index (χ3v) is 5.28. The first kappa shape index (κ1) is 15.3. The number of aromatic nitrogens is 2. The fourth-order valence-corrected chi connectivity index (χ4v) is 3.49. The van der Waals surface area contributed by atoms with E-state index in [0.717, 1.165) is 29.8 Å². The summed E-state index contributed by atoms with van der Waals surface area (Å²) in [5, 5.41) is 8.43. The quantitative estimate of drug-likeness (QED) is 0.921. The molecule has 3 rings (SSSR count). The molecule has 0 bridgehead atoms. The Kier molecular flexibility index (Phi) is 4.63. The molecule has 2 aromatic rings. The number of hydrogen-bond acceptors (Lipinski definition) is 2. The highest BCUT2D eigenvalue weighted by Gasteiger charge is 2.26. The fraction of sp³-hybridized carbons (Fsp3) is 0.526. The summed E-state index contributed by atoms with van der Waals surface area (Å²) in [5.74, 6) is 1.60. The Hall–Kier alpha value is -1.61. The summed E-state index contributed by atoms with van der Waals surface area (Å²) < 4.78 is 1.99. The summed E-state index contributed by atoms with van der Waals surface area (Å²) in [6.45, 7) is 7.79. The molecule has 0 spiro atoms. The van der Waals surface area contributed by atoms with Gasteiger partial charge in [-0.15, -0.1) is 0 Å². The number of para-hydroxylation sites is 1. The van der Waals surface area contributed by atoms with Crippen molar-refractivity contribution < 1.29 is 0 Å². The van der Waals surface area contributed by atoms with Gasteiger partial charge >= 0.3 is 0 Å². The summed E-state index contributed by atoms with van der Waals surface area (Å²) in [4.78, 5) is 0. The van der Waals surface area contributed by atoms with Crippen LogP contribution in [0.4, 0.5) is 0 Å². The van der Waals surface area contributed by atoms with Gasteiger partial charge in [0.05, 0.1) is 11.4 Å². The minimum absolute atomic E-state index is 0.642. The second-order valence-corrected chi connectivity index (χ2v) is 6.77. The molecule has 1 aromatic carbocycles. The molecule has 0 radical (unpaired) electrons. The van der Waals surface area contributed by atoms with Crippen LogP contribution in [0.3, 0.4) is 0 Å². The van der Waals surface area contributed by atoms with Gasteiger partial charge in [0.1, 0.15) is 0 Å². The van der Waals surface area contributed by atoms with E-state index in [1.165, 1.54) is 24.8 Å². The molecule has 3 unspecified atom stereocenters. The number of rotatable bonds is 4. The zero-order chi connectivity index (χ0) is 15.5. The summed E-state index contributed by atoms with van der Waals surface area (Å²) in [7, 11) is 0. The van der Waals surface area contributed by atoms with E-state index in [-0.39, 0.29) is 0 Å². The molecule has 1 aliphatic rings. The first-order valence-electron chi connectivity index (χ1n) is 8.49. The highest BCUT2D eigenvalue weighted by atomic mass is 15.3. The maximum absolute atomic E-state index is 4.66. The smallest absolute Gasteiger partial charge is 0.0645 e. The number of hydrogen-bond donors (Lipinski definition) is 1. The van der Waals surface area contributed by atoms with Crippen LogP contribution in [0, 0.1) is 18.8 Å². The molecular formula is C19H27N3. The fourth-order valence-electron chi connectivity index (χ4n) is 3.49. The number of benzene rings is 1. The van der Waals surface area contributed by atoms with Crippen LogP contribution >= 0.6 is 0 Å². The van der Waals surface area contributed by atoms with Crippen molar-refractivity contribution in [2.45, 2.75) is 52.6 Å². The lowest BCUT2D eigenvalue weighted by Gasteiger charge is -2.34. The van der Waals surface area contributed by atoms with E-state index in [0.29, 0.717) is 6.04 Å². The van der Waals surface area contributed by atoms with Crippen molar-refractivity contribution in [2.75, 3.05) is 0 Å². The second kappa shape index (κ2) is 6.66. The van der Waals surface area contributed by atoms with Crippen LogP contribution in [0.5, 0.6) is 0 Å². The molecule has 3 nitrogen and oxygen atoms in total. The van der Waals surface area contributed by atoms with Crippen molar-refractivity contribution in [3.05, 3.63) is 47.8 Å². The number of nitrogens with zero attached hydrogens (tertiary/aromatic N) is 2. The van der Waals surface area contributed by atoms with Crippen LogP contribution in [-0.2, 0) is 6.54 Å². The minimum atomic E-state index is 0.642. The maximum Gasteiger partial charge on any atom is 0.0645 e. The molecule has 1 fully saturated rings. The predicted octanol–water partition coefficient (Wildman–Crippen LogP) is 4.10. The highest BCUT2D eigenvalue weighted by Crippen LogP contribution is 2.29. The zero-order valence-electron chi connectivity index (χ0n) is 13.9. The van der Waals surface area contributed by atoms with Crippen molar-refractivity contribution in [3.63, 3.8) is 0 Å². The molecule has 1 saturated carbocycles. The van der Waals surface area contributed by atoms with Crippen LogP contribution in [0.25, 0.3) is 5.69 Å². The zero-order valence-corrected chi connectivity index (χ0v) is 13.9. The van der Waals surface area contributed by atoms with Crippen LogP contribution in [0.15, 0.2) is 36.5 Å². The van der Waals surface area contributed by atoms with Crippen molar-refractivity contribution in [2.24, 2.45) is 11.8 Å². The molecule has 22 heavy (non-hydrogen) atoms. The predicted molar refractivity (Wildman–Crippen MR) is 91.1 cm³/mol. The first-order chi connectivity index (χ1) is 10.6. The summed E-state index contributed by atoms with van der Waals surface area (Å²) in [5.41, 5.74) is 3.54. The average Bonchev–Trinajstić information content (AvgIpc) is 2.91. The van der Waals surface area contributed by atoms with E-state index < -0.39 is 0 Å². The third kappa shape index (κ3) is 3.25. The lowest BCUT2D eigenvalue weighted by atomic mass is 9.78. The number of aryl methyl sites for hydroxylation is 1. The average molecular weight is 297 g/mol. The molecule has 0 amide bonds. The Morgan fingerprint density at radius 1 is 1.18 bits per heavy atom. The van der Waals surface area contributed by atoms with Crippen LogP contribution in [-0.4, -0.2) is 15.8 Å². The van der Waals surface area contributed by atoms with Crippen LogP contribution < -0.4 is 5.32 Å². The van der Waals surface area contributed by atoms with Crippen molar-refractivity contribution in [3.8, 4) is 5.69 Å². The van der Waals surface area contributed by atoms with Gasteiger partial charge in [0, 0.05) is 24.3 Å². The SMILES string of the molecule is Cc1nn(-c2ccccc2)cc1CNC1CCCC(C)C1C. The van der Waals surface area contributed by atoms with Gasteiger partial charge in [-0.25, -0.2) is 4.68 Å². The van der Waals surface area contributed by atoms with E-state index in [9.17, 15) is 0 Å². The van der Waals surface area contributed by atoms with Crippen molar-refractivity contribution in [1.82, 2.24) is 15.1 Å². The van der Waals surface area contributed by atoms with E-state index in [4.69, 9.17) is 0 Å². The Morgan fingerprint density at radius 3 is 2.73 bits per heavy atom. The molecule has 1 heterocycles. The second-order valence-electron chi connectivity index (χ2n) is 6.77. The normalized spacial score (nSPS) is 25.3. The summed E-state index contributed by atoms with van der Waals surface area (Å²) in [6.07, 6.45) is 6.20. The lowest BCUT2D eigenvalue weighted by Crippen LogP contribution is -2.40. The molecule has 1 aliphatic carbocycles. The van der Waals surface area contributed by atoms with E-state index >= 15 is 0 Å². The lowest BCUT2D eigenvalue weighted by molar-refractivity contribution is 0.206. The van der Waals surface area contributed by atoms with Crippen molar-refractivity contribution >= 4 is 0 Å². The Labute approximate surface area is 133 Å². The Morgan fingerprint density at radius 2 is 1.95 bits per heavy atom. The van der Waals surface area contributed by atoms with Gasteiger partial charge in [-0.3, -0.25) is 0 Å². The van der Waals surface area contributed by atoms with Crippen LogP contribution in [0.2, 0.25) is 0 Å². The van der Waals surface area contributed by atoms with Crippen LogP contribution in [0.1, 0.15) is 44.4 Å². The van der Waals surface area contributed by atoms with Gasteiger partial charge in [-0.1, -0.05) is 44.9 Å². The topological polar surface area (TPSA) is 29.9 Å². The molecule has 1 aromatic heterocycles. The van der Waals surface area contributed by atoms with Gasteiger partial charge in [0.15, 0.2) is 0 Å². The third-order valence-electron chi connectivity index (χ3n) is 5.28. The standard InChI is InChI=1S/C19H27N3/c1-14-8-7-11-19(15(14)2)20-12-17-13-22(21-16(17)3)18-9-5-4-6-10-18/h4-6,9-10,13-15,19-20H,7-8,11-12H2,1-3H3. The summed E-state index contributed by atoms with van der Waals surface area (Å²) >= 11 is 0. The van der Waals surface area contributed by atoms with E-state index in [2.05, 4.69) is 61.6 Å². The maximum atomic E-state index is 4.66. The van der Waals surface area contributed by atoms with Gasteiger partial charge in [0.2, 0.25) is 0 Å². The minimum Gasteiger partial charge on any atom is -0.310 e. The summed E-state index contributed by atoms with van der Waals surface area (Å²) in [6, 6.07) is 11.0. The molecule has 0 saturated heterocycles. The van der Waals surface area contributed by atoms with Crippen molar-refractivity contribution in [1.29, 1.82) is 0 Å². The highest BCUT2D eigenvalue weighted by molar-refractivity contribution is 5.32. The Bertz CT molecular complexity index is 602. The molecular weight excluding hydrogens is 270 g/mol. The van der Waals surface area contributed by atoms with Gasteiger partial charge in [-0.2, -0.15) is 5.10 Å². The van der Waals surface area contributed by atoms with Gasteiger partial charge in [-0.05, 0) is 37.3 Å². The first-order valence-corrected chi connectivity index (χ1v) is 8.49. The monoisotopic (exact) mass is 297 g/mol. The van der Waals surface area contributed by atoms with Gasteiger partial charge in [0.25, 0.3) is 0 Å². The Balaban J connectivity index is 1.67. The largest absolute Gasteiger partial charge is 0.310 e.